The smallest absolute Gasteiger partial charge is 0.306 e. The Bertz CT molecular complexity index is 1360. The lowest BCUT2D eigenvalue weighted by Crippen LogP contribution is -2.30. The van der Waals surface area contributed by atoms with Crippen LogP contribution in [0.25, 0.3) is 0 Å². The molecule has 6 heteroatoms. The van der Waals surface area contributed by atoms with Gasteiger partial charge < -0.3 is 14.2 Å². The maximum Gasteiger partial charge on any atom is 0.306 e. The van der Waals surface area contributed by atoms with E-state index in [0.717, 1.165) is 135 Å². The van der Waals surface area contributed by atoms with Gasteiger partial charge >= 0.3 is 17.9 Å². The Morgan fingerprint density at radius 1 is 0.323 bits per heavy atom. The number of unbranched alkanes of at least 4 members (excludes halogenated alkanes) is 17. The highest BCUT2D eigenvalue weighted by Gasteiger charge is 2.19. The van der Waals surface area contributed by atoms with E-state index < -0.39 is 6.10 Å². The Labute approximate surface area is 400 Å². The van der Waals surface area contributed by atoms with Crippen LogP contribution in [0.2, 0.25) is 0 Å². The first-order chi connectivity index (χ1) is 32.0. The molecule has 0 aliphatic rings. The average Bonchev–Trinajstić information content (AvgIpc) is 3.30. The fraction of sp³-hybridized carbons (Fsp3) is 0.644. The van der Waals surface area contributed by atoms with Crippen LogP contribution in [0.15, 0.2) is 109 Å². The van der Waals surface area contributed by atoms with Gasteiger partial charge in [0.15, 0.2) is 6.10 Å². The van der Waals surface area contributed by atoms with Gasteiger partial charge in [-0.15, -0.1) is 0 Å². The minimum absolute atomic E-state index is 0.109. The van der Waals surface area contributed by atoms with Gasteiger partial charge in [-0.2, -0.15) is 0 Å². The second-order valence-corrected chi connectivity index (χ2v) is 17.0. The highest BCUT2D eigenvalue weighted by atomic mass is 16.6. The summed E-state index contributed by atoms with van der Waals surface area (Å²) < 4.78 is 16.8. The van der Waals surface area contributed by atoms with Gasteiger partial charge in [0.25, 0.3) is 0 Å². The zero-order valence-corrected chi connectivity index (χ0v) is 42.0. The third-order valence-electron chi connectivity index (χ3n) is 10.7. The first kappa shape index (κ1) is 61.1. The molecule has 6 nitrogen and oxygen atoms in total. The summed E-state index contributed by atoms with van der Waals surface area (Å²) in [7, 11) is 0. The molecule has 0 saturated carbocycles. The third kappa shape index (κ3) is 50.9. The maximum absolute atomic E-state index is 12.8. The first-order valence-electron chi connectivity index (χ1n) is 26.4. The Kier molecular flexibility index (Phi) is 49.5. The van der Waals surface area contributed by atoms with Crippen molar-refractivity contribution in [3.8, 4) is 0 Å². The molecule has 0 saturated heterocycles. The fourth-order valence-corrected chi connectivity index (χ4v) is 6.83. The normalized spacial score (nSPS) is 13.0. The minimum Gasteiger partial charge on any atom is -0.462 e. The van der Waals surface area contributed by atoms with Crippen LogP contribution in [0.4, 0.5) is 0 Å². The number of hydrogen-bond donors (Lipinski definition) is 0. The number of rotatable bonds is 46. The van der Waals surface area contributed by atoms with Crippen LogP contribution in [0.1, 0.15) is 226 Å². The van der Waals surface area contributed by atoms with Gasteiger partial charge in [0, 0.05) is 19.3 Å². The Morgan fingerprint density at radius 2 is 0.600 bits per heavy atom. The van der Waals surface area contributed by atoms with E-state index in [1.807, 2.05) is 0 Å². The lowest BCUT2D eigenvalue weighted by Gasteiger charge is -2.18. The molecule has 0 bridgehead atoms. The van der Waals surface area contributed by atoms with E-state index in [-0.39, 0.29) is 31.1 Å². The Morgan fingerprint density at radius 3 is 0.969 bits per heavy atom. The van der Waals surface area contributed by atoms with Crippen LogP contribution >= 0.6 is 0 Å². The van der Waals surface area contributed by atoms with Crippen molar-refractivity contribution in [2.45, 2.75) is 232 Å². The quantitative estimate of drug-likeness (QED) is 0.0262. The molecule has 368 valence electrons. The molecule has 1 atom stereocenters. The fourth-order valence-electron chi connectivity index (χ4n) is 6.83. The SMILES string of the molecule is CC/C=C\C/C=C\C/C=C\C/C=C\C/C=C\CCCCCC(=O)OCC(COC(=O)CCCCC/C=C\C/C=C\C/C=C\CC)OC(=O)CCCCCCC/C=C\CCCCCCCC. The highest BCUT2D eigenvalue weighted by Crippen LogP contribution is 2.13. The molecule has 0 aliphatic heterocycles. The molecule has 0 heterocycles. The molecule has 0 aromatic carbocycles. The van der Waals surface area contributed by atoms with Crippen LogP contribution in [0, 0.1) is 0 Å². The number of hydrogen-bond acceptors (Lipinski definition) is 6. The van der Waals surface area contributed by atoms with Gasteiger partial charge in [-0.3, -0.25) is 14.4 Å². The van der Waals surface area contributed by atoms with Crippen LogP contribution in [0.5, 0.6) is 0 Å². The Balaban J connectivity index is 4.50. The first-order valence-corrected chi connectivity index (χ1v) is 26.4. The molecule has 0 spiro atoms. The molecule has 0 rings (SSSR count). The van der Waals surface area contributed by atoms with Gasteiger partial charge in [0.2, 0.25) is 0 Å². The second kappa shape index (κ2) is 52.7. The highest BCUT2D eigenvalue weighted by molar-refractivity contribution is 5.71. The molecule has 65 heavy (non-hydrogen) atoms. The predicted octanol–water partition coefficient (Wildman–Crippen LogP) is 17.5. The van der Waals surface area contributed by atoms with E-state index in [9.17, 15) is 14.4 Å². The number of carbonyl (C=O) groups is 3. The molecule has 0 fully saturated rings. The van der Waals surface area contributed by atoms with Crippen molar-refractivity contribution in [2.24, 2.45) is 0 Å². The summed E-state index contributed by atoms with van der Waals surface area (Å²) in [4.78, 5) is 38.0. The standard InChI is InChI=1S/C59H96O6/c1-4-7-10-13-16-19-22-25-27-28-29-30-32-34-37-40-43-46-49-52-58(61)64-55-56(54-63-57(60)51-48-45-42-39-36-33-24-21-18-15-12-9-6-3)65-59(62)53-50-47-44-41-38-35-31-26-23-20-17-14-11-8-5-2/h7,9-10,12,16,18-19,21,25-27,29-31,33-34,36-37,56H,4-6,8,11,13-15,17,20,22-24,28,32,35,38-55H2,1-3H3/b10-7-,12-9-,19-16-,21-18-,27-25-,30-29-,31-26-,36-33-,37-34-. The van der Waals surface area contributed by atoms with Crippen molar-refractivity contribution in [3.63, 3.8) is 0 Å². The summed E-state index contributed by atoms with van der Waals surface area (Å²) in [6, 6.07) is 0. The number of carbonyl (C=O) groups excluding carboxylic acids is 3. The molecule has 0 aromatic rings. The number of esters is 3. The van der Waals surface area contributed by atoms with Crippen molar-refractivity contribution < 1.29 is 28.6 Å². The van der Waals surface area contributed by atoms with Crippen LogP contribution < -0.4 is 0 Å². The predicted molar refractivity (Wildman–Crippen MR) is 279 cm³/mol. The van der Waals surface area contributed by atoms with Crippen molar-refractivity contribution in [1.29, 1.82) is 0 Å². The van der Waals surface area contributed by atoms with Gasteiger partial charge in [-0.1, -0.05) is 194 Å². The van der Waals surface area contributed by atoms with Gasteiger partial charge in [-0.05, 0) is 122 Å². The summed E-state index contributed by atoms with van der Waals surface area (Å²) in [5, 5.41) is 0. The average molecular weight is 901 g/mol. The van der Waals surface area contributed by atoms with E-state index in [2.05, 4.69) is 130 Å². The molecule has 0 amide bonds. The van der Waals surface area contributed by atoms with Crippen LogP contribution in [-0.2, 0) is 28.6 Å². The van der Waals surface area contributed by atoms with Crippen LogP contribution in [0.3, 0.4) is 0 Å². The second-order valence-electron chi connectivity index (χ2n) is 17.0. The van der Waals surface area contributed by atoms with Crippen molar-refractivity contribution in [2.75, 3.05) is 13.2 Å². The van der Waals surface area contributed by atoms with E-state index in [1.165, 1.54) is 51.4 Å². The topological polar surface area (TPSA) is 78.9 Å². The molecule has 0 N–H and O–H groups in total. The van der Waals surface area contributed by atoms with Crippen LogP contribution in [-0.4, -0.2) is 37.2 Å². The summed E-state index contributed by atoms with van der Waals surface area (Å²) >= 11 is 0. The molecule has 0 aromatic heterocycles. The van der Waals surface area contributed by atoms with Gasteiger partial charge in [0.05, 0.1) is 0 Å². The molecular formula is C59H96O6. The zero-order chi connectivity index (χ0) is 47.2. The molecular weight excluding hydrogens is 805 g/mol. The van der Waals surface area contributed by atoms with Crippen molar-refractivity contribution >= 4 is 17.9 Å². The van der Waals surface area contributed by atoms with E-state index in [4.69, 9.17) is 14.2 Å². The Hall–Kier alpha value is -3.93. The van der Waals surface area contributed by atoms with Gasteiger partial charge in [0.1, 0.15) is 13.2 Å². The zero-order valence-electron chi connectivity index (χ0n) is 42.0. The monoisotopic (exact) mass is 901 g/mol. The maximum atomic E-state index is 12.8. The molecule has 1 unspecified atom stereocenters. The largest absolute Gasteiger partial charge is 0.462 e. The number of allylic oxidation sites excluding steroid dienone is 18. The summed E-state index contributed by atoms with van der Waals surface area (Å²) in [5.41, 5.74) is 0. The summed E-state index contributed by atoms with van der Waals surface area (Å²) in [6.07, 6.45) is 70.7. The van der Waals surface area contributed by atoms with Gasteiger partial charge in [-0.25, -0.2) is 0 Å². The van der Waals surface area contributed by atoms with E-state index in [0.29, 0.717) is 19.3 Å². The van der Waals surface area contributed by atoms with Crippen molar-refractivity contribution in [3.05, 3.63) is 109 Å². The number of ether oxygens (including phenoxy) is 3. The van der Waals surface area contributed by atoms with Crippen molar-refractivity contribution in [1.82, 2.24) is 0 Å². The van der Waals surface area contributed by atoms with E-state index in [1.54, 1.807) is 0 Å². The minimum atomic E-state index is -0.810. The molecule has 0 aliphatic carbocycles. The molecule has 0 radical (unpaired) electrons. The summed E-state index contributed by atoms with van der Waals surface area (Å²) in [5.74, 6) is -0.981. The lowest BCUT2D eigenvalue weighted by molar-refractivity contribution is -0.167. The summed E-state index contributed by atoms with van der Waals surface area (Å²) in [6.45, 7) is 6.33. The third-order valence-corrected chi connectivity index (χ3v) is 10.7. The lowest BCUT2D eigenvalue weighted by atomic mass is 10.1. The van der Waals surface area contributed by atoms with E-state index >= 15 is 0 Å².